The predicted molar refractivity (Wildman–Crippen MR) is 70.5 cm³/mol. The number of halogens is 1. The van der Waals surface area contributed by atoms with E-state index in [4.69, 9.17) is 0 Å². The summed E-state index contributed by atoms with van der Waals surface area (Å²) in [5.41, 5.74) is 0.915. The normalized spacial score (nSPS) is 10.2. The lowest BCUT2D eigenvalue weighted by molar-refractivity contribution is -0.118. The van der Waals surface area contributed by atoms with E-state index in [1.807, 2.05) is 0 Å². The number of amides is 1. The van der Waals surface area contributed by atoms with Crippen molar-refractivity contribution in [2.75, 3.05) is 11.5 Å². The fourth-order valence-electron chi connectivity index (χ4n) is 1.27. The molecular formula is C13H18FNOS. The highest BCUT2D eigenvalue weighted by Crippen LogP contribution is 2.05. The van der Waals surface area contributed by atoms with Crippen LogP contribution >= 0.6 is 11.8 Å². The first-order valence-electron chi connectivity index (χ1n) is 5.81. The second-order valence-corrected chi connectivity index (χ2v) is 4.91. The monoisotopic (exact) mass is 255 g/mol. The highest BCUT2D eigenvalue weighted by molar-refractivity contribution is 7.99. The molecule has 0 heterocycles. The predicted octanol–water partition coefficient (Wildman–Crippen LogP) is 2.98. The standard InChI is InChI=1S/C13H18FNOS/c1-2-3-8-17-10-13(16)15-9-11-4-6-12(14)7-5-11/h4-7H,2-3,8-10H2,1H3,(H,15,16). The van der Waals surface area contributed by atoms with E-state index in [2.05, 4.69) is 12.2 Å². The number of benzene rings is 1. The van der Waals surface area contributed by atoms with Gasteiger partial charge >= 0.3 is 0 Å². The summed E-state index contributed by atoms with van der Waals surface area (Å²) in [6.07, 6.45) is 2.31. The molecule has 0 bridgehead atoms. The second-order valence-electron chi connectivity index (χ2n) is 3.81. The van der Waals surface area contributed by atoms with E-state index in [0.717, 1.165) is 24.2 Å². The summed E-state index contributed by atoms with van der Waals surface area (Å²) in [4.78, 5) is 11.4. The maximum Gasteiger partial charge on any atom is 0.230 e. The molecule has 94 valence electrons. The van der Waals surface area contributed by atoms with E-state index < -0.39 is 0 Å². The van der Waals surface area contributed by atoms with Crippen LogP contribution in [0.1, 0.15) is 25.3 Å². The molecule has 0 aliphatic heterocycles. The minimum Gasteiger partial charge on any atom is -0.351 e. The Kier molecular flexibility index (Phi) is 6.70. The van der Waals surface area contributed by atoms with E-state index in [1.165, 1.54) is 12.1 Å². The molecule has 2 nitrogen and oxygen atoms in total. The minimum atomic E-state index is -0.254. The molecule has 1 N–H and O–H groups in total. The quantitative estimate of drug-likeness (QED) is 0.759. The summed E-state index contributed by atoms with van der Waals surface area (Å²) in [6.45, 7) is 2.60. The van der Waals surface area contributed by atoms with Crippen molar-refractivity contribution in [3.8, 4) is 0 Å². The van der Waals surface area contributed by atoms with E-state index in [-0.39, 0.29) is 11.7 Å². The first-order chi connectivity index (χ1) is 8.22. The van der Waals surface area contributed by atoms with Gasteiger partial charge < -0.3 is 5.32 Å². The summed E-state index contributed by atoms with van der Waals surface area (Å²) in [6, 6.07) is 6.16. The van der Waals surface area contributed by atoms with Gasteiger partial charge in [-0.1, -0.05) is 25.5 Å². The van der Waals surface area contributed by atoms with Gasteiger partial charge in [-0.2, -0.15) is 11.8 Å². The Labute approximate surface area is 106 Å². The lowest BCUT2D eigenvalue weighted by atomic mass is 10.2. The number of rotatable bonds is 7. The molecule has 0 spiro atoms. The van der Waals surface area contributed by atoms with Gasteiger partial charge in [-0.15, -0.1) is 0 Å². The molecule has 0 saturated heterocycles. The van der Waals surface area contributed by atoms with Gasteiger partial charge in [0.2, 0.25) is 5.91 Å². The Morgan fingerprint density at radius 1 is 1.35 bits per heavy atom. The third-order valence-electron chi connectivity index (χ3n) is 2.28. The summed E-state index contributed by atoms with van der Waals surface area (Å²) in [5, 5.41) is 2.81. The van der Waals surface area contributed by atoms with Crippen LogP contribution < -0.4 is 5.32 Å². The fraction of sp³-hybridized carbons (Fsp3) is 0.462. The number of thioether (sulfide) groups is 1. The van der Waals surface area contributed by atoms with Crippen LogP contribution in [0.3, 0.4) is 0 Å². The summed E-state index contributed by atoms with van der Waals surface area (Å²) in [5.74, 6) is 1.31. The van der Waals surface area contributed by atoms with E-state index >= 15 is 0 Å². The Balaban J connectivity index is 2.17. The van der Waals surface area contributed by atoms with Crippen LogP contribution in [0, 0.1) is 5.82 Å². The Morgan fingerprint density at radius 3 is 2.71 bits per heavy atom. The Hall–Kier alpha value is -1.03. The molecule has 0 saturated carbocycles. The Bertz CT molecular complexity index is 340. The highest BCUT2D eigenvalue weighted by Gasteiger charge is 2.01. The van der Waals surface area contributed by atoms with Gasteiger partial charge in [0.05, 0.1) is 5.75 Å². The van der Waals surface area contributed by atoms with E-state index in [1.54, 1.807) is 23.9 Å². The summed E-state index contributed by atoms with van der Waals surface area (Å²) in [7, 11) is 0. The number of nitrogens with one attached hydrogen (secondary N) is 1. The molecule has 17 heavy (non-hydrogen) atoms. The van der Waals surface area contributed by atoms with Crippen LogP contribution in [0.25, 0.3) is 0 Å². The minimum absolute atomic E-state index is 0.0374. The molecular weight excluding hydrogens is 237 g/mol. The highest BCUT2D eigenvalue weighted by atomic mass is 32.2. The number of carbonyl (C=O) groups excluding carboxylic acids is 1. The summed E-state index contributed by atoms with van der Waals surface area (Å²) < 4.78 is 12.6. The van der Waals surface area contributed by atoms with Crippen molar-refractivity contribution >= 4 is 17.7 Å². The van der Waals surface area contributed by atoms with Crippen molar-refractivity contribution in [2.45, 2.75) is 26.3 Å². The largest absolute Gasteiger partial charge is 0.351 e. The van der Waals surface area contributed by atoms with Crippen molar-refractivity contribution in [2.24, 2.45) is 0 Å². The molecule has 1 aromatic rings. The zero-order valence-electron chi connectivity index (χ0n) is 10.0. The first-order valence-corrected chi connectivity index (χ1v) is 6.96. The van der Waals surface area contributed by atoms with Crippen molar-refractivity contribution in [1.29, 1.82) is 0 Å². The molecule has 0 unspecified atom stereocenters. The average molecular weight is 255 g/mol. The maximum absolute atomic E-state index is 12.6. The number of unbranched alkanes of at least 4 members (excludes halogenated alkanes) is 1. The second kappa shape index (κ2) is 8.12. The topological polar surface area (TPSA) is 29.1 Å². The molecule has 0 aromatic heterocycles. The van der Waals surface area contributed by atoms with E-state index in [0.29, 0.717) is 12.3 Å². The molecule has 0 aliphatic carbocycles. The van der Waals surface area contributed by atoms with Gasteiger partial charge in [-0.05, 0) is 29.9 Å². The third-order valence-corrected chi connectivity index (χ3v) is 3.32. The third kappa shape index (κ3) is 6.31. The zero-order valence-corrected chi connectivity index (χ0v) is 10.9. The van der Waals surface area contributed by atoms with Crippen LogP contribution in [-0.2, 0) is 11.3 Å². The average Bonchev–Trinajstić information content (AvgIpc) is 2.34. The fourth-order valence-corrected chi connectivity index (χ4v) is 2.19. The molecule has 0 radical (unpaired) electrons. The van der Waals surface area contributed by atoms with Crippen molar-refractivity contribution in [3.05, 3.63) is 35.6 Å². The van der Waals surface area contributed by atoms with Crippen LogP contribution in [0.4, 0.5) is 4.39 Å². The van der Waals surface area contributed by atoms with Crippen molar-refractivity contribution in [3.63, 3.8) is 0 Å². The molecule has 0 atom stereocenters. The van der Waals surface area contributed by atoms with Crippen LogP contribution in [0.5, 0.6) is 0 Å². The Morgan fingerprint density at radius 2 is 2.06 bits per heavy atom. The van der Waals surface area contributed by atoms with E-state index in [9.17, 15) is 9.18 Å². The molecule has 0 aliphatic rings. The lowest BCUT2D eigenvalue weighted by Gasteiger charge is -2.05. The van der Waals surface area contributed by atoms with Gasteiger partial charge in [-0.3, -0.25) is 4.79 Å². The van der Waals surface area contributed by atoms with Crippen LogP contribution in [-0.4, -0.2) is 17.4 Å². The summed E-state index contributed by atoms with van der Waals surface area (Å²) >= 11 is 1.65. The molecule has 1 aromatic carbocycles. The van der Waals surface area contributed by atoms with Crippen molar-refractivity contribution in [1.82, 2.24) is 5.32 Å². The SMILES string of the molecule is CCCCSCC(=O)NCc1ccc(F)cc1. The van der Waals surface area contributed by atoms with Gasteiger partial charge in [0, 0.05) is 6.54 Å². The van der Waals surface area contributed by atoms with Crippen LogP contribution in [0.2, 0.25) is 0 Å². The van der Waals surface area contributed by atoms with Crippen molar-refractivity contribution < 1.29 is 9.18 Å². The number of carbonyl (C=O) groups is 1. The smallest absolute Gasteiger partial charge is 0.230 e. The molecule has 1 amide bonds. The van der Waals surface area contributed by atoms with Gasteiger partial charge in [0.15, 0.2) is 0 Å². The molecule has 1 rings (SSSR count). The van der Waals surface area contributed by atoms with Gasteiger partial charge in [0.1, 0.15) is 5.82 Å². The van der Waals surface area contributed by atoms with Gasteiger partial charge in [0.25, 0.3) is 0 Å². The molecule has 0 fully saturated rings. The lowest BCUT2D eigenvalue weighted by Crippen LogP contribution is -2.24. The molecule has 4 heteroatoms. The zero-order chi connectivity index (χ0) is 12.5. The maximum atomic E-state index is 12.6. The number of hydrogen-bond acceptors (Lipinski definition) is 2. The van der Waals surface area contributed by atoms with Gasteiger partial charge in [-0.25, -0.2) is 4.39 Å². The first kappa shape index (κ1) is 14.0. The van der Waals surface area contributed by atoms with Crippen LogP contribution in [0.15, 0.2) is 24.3 Å². The number of hydrogen-bond donors (Lipinski definition) is 1.